The molecule has 0 fully saturated rings. The Morgan fingerprint density at radius 2 is 1.47 bits per heavy atom. The Kier molecular flexibility index (Phi) is 3.19. The molecule has 0 heterocycles. The maximum absolute atomic E-state index is 9.63. The second kappa shape index (κ2) is 4.78. The van der Waals surface area contributed by atoms with Crippen molar-refractivity contribution in [3.05, 3.63) is 53.6 Å². The van der Waals surface area contributed by atoms with Crippen molar-refractivity contribution in [1.82, 2.24) is 0 Å². The minimum Gasteiger partial charge on any atom is -0.508 e. The van der Waals surface area contributed by atoms with E-state index in [9.17, 15) is 10.2 Å². The van der Waals surface area contributed by atoms with Gasteiger partial charge in [0.1, 0.15) is 5.75 Å². The summed E-state index contributed by atoms with van der Waals surface area (Å²) in [4.78, 5) is 0. The van der Waals surface area contributed by atoms with E-state index in [4.69, 9.17) is 5.11 Å². The molecule has 2 rings (SSSR count). The van der Waals surface area contributed by atoms with Gasteiger partial charge in [-0.1, -0.05) is 24.3 Å². The molecule has 3 nitrogen and oxygen atoms in total. The molecule has 2 aromatic carbocycles. The van der Waals surface area contributed by atoms with Crippen LogP contribution in [-0.2, 0) is 12.8 Å². The van der Waals surface area contributed by atoms with E-state index in [-0.39, 0.29) is 17.2 Å². The quantitative estimate of drug-likeness (QED) is 0.710. The number of aromatic hydroxyl groups is 3. The summed E-state index contributed by atoms with van der Waals surface area (Å²) >= 11 is 0. The average molecular weight is 230 g/mol. The molecule has 3 N–H and O–H groups in total. The summed E-state index contributed by atoms with van der Waals surface area (Å²) in [5.41, 5.74) is 1.80. The first-order valence-electron chi connectivity index (χ1n) is 5.44. The molecule has 0 unspecified atom stereocenters. The van der Waals surface area contributed by atoms with E-state index < -0.39 is 0 Å². The Balaban J connectivity index is 2.07. The highest BCUT2D eigenvalue weighted by Crippen LogP contribution is 2.29. The van der Waals surface area contributed by atoms with Gasteiger partial charge in [0, 0.05) is 0 Å². The van der Waals surface area contributed by atoms with Crippen molar-refractivity contribution >= 4 is 0 Å². The number of hydrogen-bond donors (Lipinski definition) is 3. The zero-order valence-corrected chi connectivity index (χ0v) is 9.30. The van der Waals surface area contributed by atoms with Gasteiger partial charge in [0.25, 0.3) is 0 Å². The first-order chi connectivity index (χ1) is 8.16. The zero-order chi connectivity index (χ0) is 12.3. The van der Waals surface area contributed by atoms with Crippen LogP contribution in [0.3, 0.4) is 0 Å². The van der Waals surface area contributed by atoms with Crippen LogP contribution in [0.1, 0.15) is 11.1 Å². The third-order valence-electron chi connectivity index (χ3n) is 2.72. The summed E-state index contributed by atoms with van der Waals surface area (Å²) in [5, 5.41) is 28.1. The van der Waals surface area contributed by atoms with Crippen LogP contribution >= 0.6 is 0 Å². The van der Waals surface area contributed by atoms with Gasteiger partial charge in [0.05, 0.1) is 0 Å². The maximum Gasteiger partial charge on any atom is 0.160 e. The Labute approximate surface area is 99.6 Å². The van der Waals surface area contributed by atoms with E-state index in [1.807, 2.05) is 12.1 Å². The summed E-state index contributed by atoms with van der Waals surface area (Å²) in [6, 6.07) is 11.9. The molecule has 0 atom stereocenters. The van der Waals surface area contributed by atoms with Gasteiger partial charge in [-0.3, -0.25) is 0 Å². The molecule has 2 aromatic rings. The smallest absolute Gasteiger partial charge is 0.160 e. The van der Waals surface area contributed by atoms with E-state index in [2.05, 4.69) is 0 Å². The van der Waals surface area contributed by atoms with E-state index in [0.29, 0.717) is 6.42 Å². The highest BCUT2D eigenvalue weighted by molar-refractivity contribution is 5.44. The maximum atomic E-state index is 9.63. The van der Waals surface area contributed by atoms with Crippen molar-refractivity contribution in [2.24, 2.45) is 0 Å². The van der Waals surface area contributed by atoms with Gasteiger partial charge in [-0.05, 0) is 42.2 Å². The molecule has 0 saturated heterocycles. The van der Waals surface area contributed by atoms with Crippen LogP contribution in [0, 0.1) is 0 Å². The molecule has 0 saturated carbocycles. The number of aryl methyl sites for hydroxylation is 2. The van der Waals surface area contributed by atoms with Crippen LogP contribution in [0.4, 0.5) is 0 Å². The normalized spacial score (nSPS) is 10.4. The van der Waals surface area contributed by atoms with E-state index in [0.717, 1.165) is 17.5 Å². The van der Waals surface area contributed by atoms with Gasteiger partial charge in [-0.15, -0.1) is 0 Å². The largest absolute Gasteiger partial charge is 0.508 e. The summed E-state index contributed by atoms with van der Waals surface area (Å²) in [6.07, 6.45) is 1.39. The van der Waals surface area contributed by atoms with Crippen molar-refractivity contribution in [3.8, 4) is 17.2 Å². The number of benzene rings is 2. The molecule has 0 aliphatic rings. The molecule has 0 bridgehead atoms. The minimum absolute atomic E-state index is 0.0497. The van der Waals surface area contributed by atoms with Gasteiger partial charge < -0.3 is 15.3 Å². The summed E-state index contributed by atoms with van der Waals surface area (Å²) < 4.78 is 0. The fraction of sp³-hybridized carbons (Fsp3) is 0.143. The lowest BCUT2D eigenvalue weighted by Crippen LogP contribution is -1.91. The zero-order valence-electron chi connectivity index (χ0n) is 9.30. The van der Waals surface area contributed by atoms with Crippen molar-refractivity contribution in [3.63, 3.8) is 0 Å². The van der Waals surface area contributed by atoms with Gasteiger partial charge >= 0.3 is 0 Å². The second-order valence-electron chi connectivity index (χ2n) is 3.95. The predicted octanol–water partition coefficient (Wildman–Crippen LogP) is 2.59. The van der Waals surface area contributed by atoms with Crippen LogP contribution in [0.2, 0.25) is 0 Å². The number of rotatable bonds is 3. The Morgan fingerprint density at radius 1 is 0.765 bits per heavy atom. The van der Waals surface area contributed by atoms with Crippen LogP contribution in [0.5, 0.6) is 17.2 Å². The molecule has 0 aromatic heterocycles. The van der Waals surface area contributed by atoms with Gasteiger partial charge in [0.2, 0.25) is 0 Å². The number of phenols is 3. The summed E-state index contributed by atoms with van der Waals surface area (Å²) in [7, 11) is 0. The van der Waals surface area contributed by atoms with Crippen molar-refractivity contribution < 1.29 is 15.3 Å². The lowest BCUT2D eigenvalue weighted by molar-refractivity contribution is 0.399. The Hall–Kier alpha value is -2.16. The summed E-state index contributed by atoms with van der Waals surface area (Å²) in [5.74, 6) is 0.105. The number of phenolic OH excluding ortho intramolecular Hbond substituents is 3. The summed E-state index contributed by atoms with van der Waals surface area (Å²) in [6.45, 7) is 0. The number of para-hydroxylation sites is 1. The van der Waals surface area contributed by atoms with E-state index in [1.165, 1.54) is 6.07 Å². The Morgan fingerprint density at radius 3 is 2.18 bits per heavy atom. The number of hydrogen-bond acceptors (Lipinski definition) is 3. The van der Waals surface area contributed by atoms with Crippen LogP contribution < -0.4 is 0 Å². The first kappa shape index (κ1) is 11.3. The molecule has 3 heteroatoms. The first-order valence-corrected chi connectivity index (χ1v) is 5.44. The van der Waals surface area contributed by atoms with Gasteiger partial charge in [-0.2, -0.15) is 0 Å². The fourth-order valence-corrected chi connectivity index (χ4v) is 1.72. The standard InChI is InChI=1S/C14H14O3/c15-12-8-5-10(6-9-12)4-7-11-2-1-3-13(16)14(11)17/h1-3,5-6,8-9,15-17H,4,7H2. The van der Waals surface area contributed by atoms with E-state index in [1.54, 1.807) is 24.3 Å². The van der Waals surface area contributed by atoms with Crippen LogP contribution in [-0.4, -0.2) is 15.3 Å². The third-order valence-corrected chi connectivity index (χ3v) is 2.72. The molecule has 0 aliphatic carbocycles. The minimum atomic E-state index is -0.0896. The fourth-order valence-electron chi connectivity index (χ4n) is 1.72. The van der Waals surface area contributed by atoms with Crippen LogP contribution in [0.15, 0.2) is 42.5 Å². The SMILES string of the molecule is Oc1ccc(CCc2cccc(O)c2O)cc1. The van der Waals surface area contributed by atoms with Gasteiger partial charge in [-0.25, -0.2) is 0 Å². The lowest BCUT2D eigenvalue weighted by Gasteiger charge is -2.06. The second-order valence-corrected chi connectivity index (χ2v) is 3.95. The third kappa shape index (κ3) is 2.69. The monoisotopic (exact) mass is 230 g/mol. The topological polar surface area (TPSA) is 60.7 Å². The van der Waals surface area contributed by atoms with Crippen molar-refractivity contribution in [2.45, 2.75) is 12.8 Å². The molecular formula is C14H14O3. The molecule has 0 radical (unpaired) electrons. The Bertz CT molecular complexity index is 503. The van der Waals surface area contributed by atoms with Crippen molar-refractivity contribution in [2.75, 3.05) is 0 Å². The van der Waals surface area contributed by atoms with Crippen molar-refractivity contribution in [1.29, 1.82) is 0 Å². The predicted molar refractivity (Wildman–Crippen MR) is 65.3 cm³/mol. The molecule has 88 valence electrons. The highest BCUT2D eigenvalue weighted by atomic mass is 16.3. The lowest BCUT2D eigenvalue weighted by atomic mass is 10.0. The molecule has 0 spiro atoms. The molecule has 0 aliphatic heterocycles. The highest BCUT2D eigenvalue weighted by Gasteiger charge is 2.05. The molecular weight excluding hydrogens is 216 g/mol. The molecule has 17 heavy (non-hydrogen) atoms. The average Bonchev–Trinajstić information content (AvgIpc) is 2.33. The van der Waals surface area contributed by atoms with E-state index >= 15 is 0 Å². The van der Waals surface area contributed by atoms with Crippen LogP contribution in [0.25, 0.3) is 0 Å². The van der Waals surface area contributed by atoms with Gasteiger partial charge in [0.15, 0.2) is 11.5 Å². The molecule has 0 amide bonds.